The van der Waals surface area contributed by atoms with Gasteiger partial charge in [0.1, 0.15) is 0 Å². The van der Waals surface area contributed by atoms with Crippen molar-refractivity contribution in [1.82, 2.24) is 0 Å². The predicted octanol–water partition coefficient (Wildman–Crippen LogP) is 8.56. The highest BCUT2D eigenvalue weighted by molar-refractivity contribution is 9.13. The van der Waals surface area contributed by atoms with Gasteiger partial charge in [-0.15, -0.1) is 0 Å². The first-order chi connectivity index (χ1) is 13.7. The SMILES string of the molecule is CCCCCCOCc1ccc(COCCCCCC)c2cc(Br)c(Br)cc12. The highest BCUT2D eigenvalue weighted by Crippen LogP contribution is 2.33. The van der Waals surface area contributed by atoms with Crippen molar-refractivity contribution < 1.29 is 9.47 Å². The smallest absolute Gasteiger partial charge is 0.0722 e. The summed E-state index contributed by atoms with van der Waals surface area (Å²) in [5, 5.41) is 2.49. The molecule has 0 spiro atoms. The molecule has 0 fully saturated rings. The lowest BCUT2D eigenvalue weighted by Crippen LogP contribution is -2.00. The number of rotatable bonds is 14. The van der Waals surface area contributed by atoms with Gasteiger partial charge in [0.05, 0.1) is 13.2 Å². The quantitative estimate of drug-likeness (QED) is 0.235. The van der Waals surface area contributed by atoms with Crippen LogP contribution in [0, 0.1) is 0 Å². The van der Waals surface area contributed by atoms with Gasteiger partial charge in [-0.25, -0.2) is 0 Å². The third kappa shape index (κ3) is 7.78. The zero-order chi connectivity index (χ0) is 20.2. The zero-order valence-corrected chi connectivity index (χ0v) is 20.5. The normalized spacial score (nSPS) is 11.4. The first-order valence-electron chi connectivity index (χ1n) is 10.7. The Hall–Kier alpha value is -0.420. The molecule has 2 aromatic rings. The molecule has 0 aromatic heterocycles. The van der Waals surface area contributed by atoms with Crippen molar-refractivity contribution >= 4 is 42.6 Å². The molecule has 0 saturated carbocycles. The summed E-state index contributed by atoms with van der Waals surface area (Å²) >= 11 is 7.31. The van der Waals surface area contributed by atoms with E-state index >= 15 is 0 Å². The van der Waals surface area contributed by atoms with Crippen molar-refractivity contribution in [2.75, 3.05) is 13.2 Å². The Morgan fingerprint density at radius 1 is 0.643 bits per heavy atom. The van der Waals surface area contributed by atoms with Gasteiger partial charge in [-0.3, -0.25) is 0 Å². The van der Waals surface area contributed by atoms with Crippen LogP contribution in [0.3, 0.4) is 0 Å². The Morgan fingerprint density at radius 3 is 1.46 bits per heavy atom. The highest BCUT2D eigenvalue weighted by atomic mass is 79.9. The second kappa shape index (κ2) is 13.7. The van der Waals surface area contributed by atoms with Crippen LogP contribution in [0.25, 0.3) is 10.8 Å². The van der Waals surface area contributed by atoms with Crippen LogP contribution in [-0.4, -0.2) is 13.2 Å². The van der Waals surface area contributed by atoms with Crippen molar-refractivity contribution in [1.29, 1.82) is 0 Å². The largest absolute Gasteiger partial charge is 0.377 e. The van der Waals surface area contributed by atoms with Crippen LogP contribution in [0.15, 0.2) is 33.2 Å². The van der Waals surface area contributed by atoms with Gasteiger partial charge >= 0.3 is 0 Å². The second-order valence-electron chi connectivity index (χ2n) is 7.42. The van der Waals surface area contributed by atoms with E-state index in [0.717, 1.165) is 35.0 Å². The van der Waals surface area contributed by atoms with Crippen LogP contribution in [0.1, 0.15) is 76.3 Å². The van der Waals surface area contributed by atoms with Gasteiger partial charge in [0, 0.05) is 22.2 Å². The topological polar surface area (TPSA) is 18.5 Å². The van der Waals surface area contributed by atoms with Gasteiger partial charge in [0.25, 0.3) is 0 Å². The Morgan fingerprint density at radius 2 is 1.07 bits per heavy atom. The fourth-order valence-electron chi connectivity index (χ4n) is 3.34. The molecule has 0 aliphatic carbocycles. The van der Waals surface area contributed by atoms with E-state index in [1.165, 1.54) is 60.4 Å². The molecule has 28 heavy (non-hydrogen) atoms. The molecule has 0 bridgehead atoms. The van der Waals surface area contributed by atoms with E-state index < -0.39 is 0 Å². The number of ether oxygens (including phenoxy) is 2. The molecule has 0 heterocycles. The summed E-state index contributed by atoms with van der Waals surface area (Å²) < 4.78 is 14.1. The zero-order valence-electron chi connectivity index (χ0n) is 17.4. The number of fused-ring (bicyclic) bond motifs is 1. The first-order valence-corrected chi connectivity index (χ1v) is 12.3. The van der Waals surface area contributed by atoms with Gasteiger partial charge in [0.2, 0.25) is 0 Å². The molecule has 0 atom stereocenters. The van der Waals surface area contributed by atoms with Gasteiger partial charge in [-0.05, 0) is 78.7 Å². The molecule has 2 nitrogen and oxygen atoms in total. The fraction of sp³-hybridized carbons (Fsp3) is 0.583. The van der Waals surface area contributed by atoms with E-state index in [9.17, 15) is 0 Å². The minimum Gasteiger partial charge on any atom is -0.377 e. The molecule has 156 valence electrons. The lowest BCUT2D eigenvalue weighted by Gasteiger charge is -2.14. The average molecular weight is 514 g/mol. The molecule has 0 aliphatic heterocycles. The van der Waals surface area contributed by atoms with E-state index in [1.54, 1.807) is 0 Å². The summed E-state index contributed by atoms with van der Waals surface area (Å²) in [6.45, 7) is 7.46. The molecule has 2 aromatic carbocycles. The number of halogens is 2. The summed E-state index contributed by atoms with van der Waals surface area (Å²) in [4.78, 5) is 0. The van der Waals surface area contributed by atoms with E-state index in [2.05, 4.69) is 70.0 Å². The van der Waals surface area contributed by atoms with Gasteiger partial charge in [-0.2, -0.15) is 0 Å². The number of hydrogen-bond donors (Lipinski definition) is 0. The monoisotopic (exact) mass is 512 g/mol. The molecular formula is C24H34Br2O2. The minimum absolute atomic E-state index is 0.662. The Balaban J connectivity index is 2.03. The molecule has 2 rings (SSSR count). The molecule has 0 amide bonds. The van der Waals surface area contributed by atoms with Crippen LogP contribution in [0.5, 0.6) is 0 Å². The van der Waals surface area contributed by atoms with Crippen LogP contribution in [0.2, 0.25) is 0 Å². The second-order valence-corrected chi connectivity index (χ2v) is 9.13. The summed E-state index contributed by atoms with van der Waals surface area (Å²) in [5.74, 6) is 0. The van der Waals surface area contributed by atoms with Gasteiger partial charge < -0.3 is 9.47 Å². The first kappa shape index (κ1) is 23.9. The van der Waals surface area contributed by atoms with Gasteiger partial charge in [-0.1, -0.05) is 64.5 Å². The summed E-state index contributed by atoms with van der Waals surface area (Å²) in [6, 6.07) is 8.79. The summed E-state index contributed by atoms with van der Waals surface area (Å²) in [5.41, 5.74) is 2.48. The third-order valence-corrected chi connectivity index (χ3v) is 6.88. The average Bonchev–Trinajstić information content (AvgIpc) is 2.69. The summed E-state index contributed by atoms with van der Waals surface area (Å²) in [7, 11) is 0. The third-order valence-electron chi connectivity index (χ3n) is 5.04. The van der Waals surface area contributed by atoms with E-state index in [-0.39, 0.29) is 0 Å². The van der Waals surface area contributed by atoms with Crippen molar-refractivity contribution in [2.24, 2.45) is 0 Å². The lowest BCUT2D eigenvalue weighted by molar-refractivity contribution is 0.116. The van der Waals surface area contributed by atoms with Crippen molar-refractivity contribution in [2.45, 2.75) is 78.4 Å². The maximum atomic E-state index is 5.96. The number of unbranched alkanes of at least 4 members (excludes halogenated alkanes) is 6. The minimum atomic E-state index is 0.662. The van der Waals surface area contributed by atoms with Crippen LogP contribution in [0.4, 0.5) is 0 Å². The molecule has 0 unspecified atom stereocenters. The van der Waals surface area contributed by atoms with Crippen LogP contribution >= 0.6 is 31.9 Å². The van der Waals surface area contributed by atoms with Crippen molar-refractivity contribution in [3.63, 3.8) is 0 Å². The maximum absolute atomic E-state index is 5.96. The summed E-state index contributed by atoms with van der Waals surface area (Å²) in [6.07, 6.45) is 9.90. The molecule has 0 radical (unpaired) electrons. The fourth-order valence-corrected chi connectivity index (χ4v) is 4.02. The highest BCUT2D eigenvalue weighted by Gasteiger charge is 2.10. The van der Waals surface area contributed by atoms with E-state index in [1.807, 2.05) is 0 Å². The van der Waals surface area contributed by atoms with Gasteiger partial charge in [0.15, 0.2) is 0 Å². The Kier molecular flexibility index (Phi) is 11.7. The molecule has 4 heteroatoms. The lowest BCUT2D eigenvalue weighted by atomic mass is 10.00. The number of benzene rings is 2. The van der Waals surface area contributed by atoms with E-state index in [0.29, 0.717) is 13.2 Å². The Labute approximate surface area is 187 Å². The Bertz CT molecular complexity index is 655. The predicted molar refractivity (Wildman–Crippen MR) is 127 cm³/mol. The number of hydrogen-bond acceptors (Lipinski definition) is 2. The van der Waals surface area contributed by atoms with Crippen molar-refractivity contribution in [3.8, 4) is 0 Å². The molecule has 0 aliphatic rings. The standard InChI is InChI=1S/C24H34Br2O2/c1-3-5-7-9-13-27-17-19-11-12-20(18-28-14-10-8-6-4-2)22-16-24(26)23(25)15-21(19)22/h11-12,15-16H,3-10,13-14,17-18H2,1-2H3. The maximum Gasteiger partial charge on any atom is 0.0722 e. The van der Waals surface area contributed by atoms with Crippen LogP contribution in [-0.2, 0) is 22.7 Å². The van der Waals surface area contributed by atoms with Crippen molar-refractivity contribution in [3.05, 3.63) is 44.3 Å². The van der Waals surface area contributed by atoms with Crippen LogP contribution < -0.4 is 0 Å². The molecular weight excluding hydrogens is 480 g/mol. The molecule has 0 saturated heterocycles. The van der Waals surface area contributed by atoms with E-state index in [4.69, 9.17) is 9.47 Å². The molecule has 0 N–H and O–H groups in total.